The standard InChI is InChI=1S/C24H31N5O/c1-19-20(18-29(27-19)22-13-6-5-7-14-22)12-10-16-26-24(25-2)28(3)17-21-11-8-9-15-23(21)30-4/h5-9,11,13-15,18H,10,12,16-17H2,1-4H3,(H,25,26). The van der Waals surface area contributed by atoms with E-state index in [1.807, 2.05) is 55.2 Å². The summed E-state index contributed by atoms with van der Waals surface area (Å²) >= 11 is 0. The van der Waals surface area contributed by atoms with E-state index in [0.29, 0.717) is 0 Å². The van der Waals surface area contributed by atoms with E-state index in [-0.39, 0.29) is 0 Å². The molecule has 158 valence electrons. The van der Waals surface area contributed by atoms with Crippen molar-refractivity contribution in [3.63, 3.8) is 0 Å². The van der Waals surface area contributed by atoms with E-state index in [0.717, 1.165) is 54.6 Å². The number of aromatic nitrogens is 2. The highest BCUT2D eigenvalue weighted by Crippen LogP contribution is 2.18. The van der Waals surface area contributed by atoms with Crippen molar-refractivity contribution in [2.24, 2.45) is 4.99 Å². The molecule has 0 aliphatic heterocycles. The Morgan fingerprint density at radius 3 is 2.57 bits per heavy atom. The third-order valence-corrected chi connectivity index (χ3v) is 5.10. The van der Waals surface area contributed by atoms with Gasteiger partial charge in [-0.2, -0.15) is 5.10 Å². The maximum atomic E-state index is 5.46. The van der Waals surface area contributed by atoms with E-state index in [2.05, 4.69) is 51.6 Å². The maximum absolute atomic E-state index is 5.46. The summed E-state index contributed by atoms with van der Waals surface area (Å²) in [4.78, 5) is 6.53. The zero-order chi connectivity index (χ0) is 21.3. The fourth-order valence-electron chi connectivity index (χ4n) is 3.48. The Morgan fingerprint density at radius 1 is 1.10 bits per heavy atom. The number of benzene rings is 2. The van der Waals surface area contributed by atoms with Crippen molar-refractivity contribution in [2.45, 2.75) is 26.3 Å². The number of guanidine groups is 1. The number of aryl methyl sites for hydroxylation is 2. The van der Waals surface area contributed by atoms with Gasteiger partial charge in [0, 0.05) is 38.9 Å². The van der Waals surface area contributed by atoms with Gasteiger partial charge in [0.05, 0.1) is 18.5 Å². The zero-order valence-electron chi connectivity index (χ0n) is 18.3. The second-order valence-corrected chi connectivity index (χ2v) is 7.27. The molecule has 2 aromatic carbocycles. The molecule has 1 heterocycles. The Hall–Kier alpha value is -3.28. The Labute approximate surface area is 179 Å². The molecule has 0 aliphatic rings. The number of nitrogens with one attached hydrogen (secondary N) is 1. The van der Waals surface area contributed by atoms with Crippen molar-refractivity contribution in [1.82, 2.24) is 20.0 Å². The van der Waals surface area contributed by atoms with E-state index >= 15 is 0 Å². The molecule has 6 heteroatoms. The Morgan fingerprint density at radius 2 is 1.83 bits per heavy atom. The molecule has 0 aliphatic carbocycles. The molecular formula is C24H31N5O. The SMILES string of the molecule is CN=C(NCCCc1cn(-c2ccccc2)nc1C)N(C)Cc1ccccc1OC. The van der Waals surface area contributed by atoms with E-state index in [1.54, 1.807) is 7.11 Å². The van der Waals surface area contributed by atoms with E-state index < -0.39 is 0 Å². The molecule has 0 bridgehead atoms. The molecule has 3 aromatic rings. The monoisotopic (exact) mass is 405 g/mol. The lowest BCUT2D eigenvalue weighted by atomic mass is 10.1. The minimum atomic E-state index is 0.729. The van der Waals surface area contributed by atoms with Crippen molar-refractivity contribution in [3.05, 3.63) is 77.6 Å². The van der Waals surface area contributed by atoms with Gasteiger partial charge in [-0.3, -0.25) is 4.99 Å². The average Bonchev–Trinajstić information content (AvgIpc) is 3.15. The molecule has 0 amide bonds. The van der Waals surface area contributed by atoms with Gasteiger partial charge in [-0.05, 0) is 43.5 Å². The van der Waals surface area contributed by atoms with Crippen molar-refractivity contribution in [3.8, 4) is 11.4 Å². The van der Waals surface area contributed by atoms with Crippen molar-refractivity contribution >= 4 is 5.96 Å². The minimum Gasteiger partial charge on any atom is -0.496 e. The fourth-order valence-corrected chi connectivity index (χ4v) is 3.48. The van der Waals surface area contributed by atoms with Crippen LogP contribution in [0.25, 0.3) is 5.69 Å². The van der Waals surface area contributed by atoms with Crippen LogP contribution >= 0.6 is 0 Å². The second kappa shape index (κ2) is 10.5. The predicted octanol–water partition coefficient (Wildman–Crippen LogP) is 3.83. The first-order chi connectivity index (χ1) is 14.6. The van der Waals surface area contributed by atoms with Crippen molar-refractivity contribution in [1.29, 1.82) is 0 Å². The van der Waals surface area contributed by atoms with Gasteiger partial charge in [0.1, 0.15) is 5.75 Å². The molecule has 0 spiro atoms. The summed E-state index contributed by atoms with van der Waals surface area (Å²) in [5.74, 6) is 1.77. The second-order valence-electron chi connectivity index (χ2n) is 7.27. The predicted molar refractivity (Wildman–Crippen MR) is 122 cm³/mol. The third-order valence-electron chi connectivity index (χ3n) is 5.10. The fraction of sp³-hybridized carbons (Fsp3) is 0.333. The highest BCUT2D eigenvalue weighted by atomic mass is 16.5. The molecule has 30 heavy (non-hydrogen) atoms. The number of aliphatic imine (C=N–C) groups is 1. The zero-order valence-corrected chi connectivity index (χ0v) is 18.3. The Bertz CT molecular complexity index is 965. The van der Waals surface area contributed by atoms with Crippen LogP contribution in [0.2, 0.25) is 0 Å². The molecule has 0 radical (unpaired) electrons. The molecular weight excluding hydrogens is 374 g/mol. The highest BCUT2D eigenvalue weighted by molar-refractivity contribution is 5.79. The van der Waals surface area contributed by atoms with Gasteiger partial charge < -0.3 is 15.0 Å². The summed E-state index contributed by atoms with van der Waals surface area (Å²) in [6.45, 7) is 3.65. The average molecular weight is 406 g/mol. The van der Waals surface area contributed by atoms with Crippen LogP contribution in [0.15, 0.2) is 65.8 Å². The van der Waals surface area contributed by atoms with Crippen LogP contribution in [0, 0.1) is 6.92 Å². The summed E-state index contributed by atoms with van der Waals surface area (Å²) in [6, 6.07) is 18.3. The number of para-hydroxylation sites is 2. The smallest absolute Gasteiger partial charge is 0.193 e. The first-order valence-electron chi connectivity index (χ1n) is 10.3. The molecule has 6 nitrogen and oxygen atoms in total. The number of hydrogen-bond donors (Lipinski definition) is 1. The van der Waals surface area contributed by atoms with Gasteiger partial charge in [0.15, 0.2) is 5.96 Å². The molecule has 0 unspecified atom stereocenters. The Balaban J connectivity index is 1.51. The van der Waals surface area contributed by atoms with Crippen molar-refractivity contribution in [2.75, 3.05) is 27.7 Å². The van der Waals surface area contributed by atoms with Crippen LogP contribution in [-0.4, -0.2) is 48.4 Å². The first-order valence-corrected chi connectivity index (χ1v) is 10.3. The normalized spacial score (nSPS) is 11.4. The largest absolute Gasteiger partial charge is 0.496 e. The quantitative estimate of drug-likeness (QED) is 0.352. The van der Waals surface area contributed by atoms with Crippen LogP contribution in [0.4, 0.5) is 0 Å². The summed E-state index contributed by atoms with van der Waals surface area (Å²) in [6.07, 6.45) is 4.11. The molecule has 0 fully saturated rings. The summed E-state index contributed by atoms with van der Waals surface area (Å²) < 4.78 is 7.41. The minimum absolute atomic E-state index is 0.729. The maximum Gasteiger partial charge on any atom is 0.193 e. The summed E-state index contributed by atoms with van der Waals surface area (Å²) in [5, 5.41) is 8.12. The van der Waals surface area contributed by atoms with Gasteiger partial charge in [-0.15, -0.1) is 0 Å². The molecule has 0 saturated carbocycles. The van der Waals surface area contributed by atoms with Crippen LogP contribution in [0.1, 0.15) is 23.2 Å². The van der Waals surface area contributed by atoms with Gasteiger partial charge >= 0.3 is 0 Å². The van der Waals surface area contributed by atoms with Crippen molar-refractivity contribution < 1.29 is 4.74 Å². The summed E-state index contributed by atoms with van der Waals surface area (Å²) in [5.41, 5.74) is 4.58. The molecule has 0 atom stereocenters. The number of methoxy groups -OCH3 is 1. The van der Waals surface area contributed by atoms with E-state index in [4.69, 9.17) is 4.74 Å². The first kappa shape index (κ1) is 21.4. The third kappa shape index (κ3) is 5.41. The molecule has 1 aromatic heterocycles. The van der Waals surface area contributed by atoms with Gasteiger partial charge in [0.25, 0.3) is 0 Å². The van der Waals surface area contributed by atoms with Gasteiger partial charge in [0.2, 0.25) is 0 Å². The number of ether oxygens (including phenoxy) is 1. The lowest BCUT2D eigenvalue weighted by Gasteiger charge is -2.23. The van der Waals surface area contributed by atoms with E-state index in [1.165, 1.54) is 5.56 Å². The number of hydrogen-bond acceptors (Lipinski definition) is 3. The molecule has 3 rings (SSSR count). The van der Waals surface area contributed by atoms with E-state index in [9.17, 15) is 0 Å². The van der Waals surface area contributed by atoms with Crippen LogP contribution in [-0.2, 0) is 13.0 Å². The highest BCUT2D eigenvalue weighted by Gasteiger charge is 2.10. The molecule has 0 saturated heterocycles. The van der Waals surface area contributed by atoms with Crippen LogP contribution < -0.4 is 10.1 Å². The van der Waals surface area contributed by atoms with Crippen LogP contribution in [0.5, 0.6) is 5.75 Å². The lowest BCUT2D eigenvalue weighted by Crippen LogP contribution is -2.39. The van der Waals surface area contributed by atoms with Gasteiger partial charge in [-0.25, -0.2) is 4.68 Å². The summed E-state index contributed by atoms with van der Waals surface area (Å²) in [7, 11) is 5.55. The number of nitrogens with zero attached hydrogens (tertiary/aromatic N) is 4. The van der Waals surface area contributed by atoms with Crippen LogP contribution in [0.3, 0.4) is 0 Å². The lowest BCUT2D eigenvalue weighted by molar-refractivity contribution is 0.396. The topological polar surface area (TPSA) is 54.7 Å². The number of rotatable bonds is 8. The van der Waals surface area contributed by atoms with Gasteiger partial charge in [-0.1, -0.05) is 36.4 Å². The molecule has 1 N–H and O–H groups in total. The Kier molecular flexibility index (Phi) is 7.49.